The third kappa shape index (κ3) is 2.77. The molecule has 1 heterocycles. The fourth-order valence-corrected chi connectivity index (χ4v) is 9.04. The van der Waals surface area contributed by atoms with Crippen LogP contribution in [-0.2, 0) is 4.74 Å². The Bertz CT molecular complexity index is 775. The van der Waals surface area contributed by atoms with E-state index in [1.54, 1.807) is 0 Å². The normalized spacial score (nSPS) is 44.8. The van der Waals surface area contributed by atoms with E-state index in [9.17, 15) is 0 Å². The van der Waals surface area contributed by atoms with Gasteiger partial charge in [0.15, 0.2) is 0 Å². The zero-order chi connectivity index (χ0) is 20.1. The second-order valence-electron chi connectivity index (χ2n) is 12.4. The molecule has 0 amide bonds. The Morgan fingerprint density at radius 1 is 0.931 bits per heavy atom. The van der Waals surface area contributed by atoms with Crippen LogP contribution in [0.2, 0.25) is 0 Å². The maximum absolute atomic E-state index is 6.36. The summed E-state index contributed by atoms with van der Waals surface area (Å²) in [5, 5.41) is 0. The second kappa shape index (κ2) is 6.25. The molecule has 1 aromatic carbocycles. The van der Waals surface area contributed by atoms with Crippen LogP contribution in [0, 0.1) is 52.8 Å². The van der Waals surface area contributed by atoms with Gasteiger partial charge in [0, 0.05) is 0 Å². The van der Waals surface area contributed by atoms with E-state index < -0.39 is 0 Å². The van der Waals surface area contributed by atoms with Crippen LogP contribution in [0.1, 0.15) is 65.4 Å². The Hall–Kier alpha value is -1.02. The van der Waals surface area contributed by atoms with Crippen LogP contribution in [0.3, 0.4) is 0 Å². The lowest BCUT2D eigenvalue weighted by molar-refractivity contribution is 0.0880. The Kier molecular flexibility index (Phi) is 4.04. The molecule has 158 valence electrons. The van der Waals surface area contributed by atoms with Gasteiger partial charge in [-0.3, -0.25) is 0 Å². The van der Waals surface area contributed by atoms with Gasteiger partial charge in [0.25, 0.3) is 0 Å². The molecule has 4 bridgehead atoms. The first-order valence-electron chi connectivity index (χ1n) is 12.2. The van der Waals surface area contributed by atoms with Crippen molar-refractivity contribution in [3.8, 4) is 5.75 Å². The lowest BCUT2D eigenvalue weighted by Crippen LogP contribution is -2.37. The predicted octanol–water partition coefficient (Wildman–Crippen LogP) is 6.16. The van der Waals surface area contributed by atoms with Gasteiger partial charge in [0.2, 0.25) is 0 Å². The molecule has 0 aromatic heterocycles. The smallest absolute Gasteiger partial charge is 0.119 e. The van der Waals surface area contributed by atoms with Crippen molar-refractivity contribution < 1.29 is 9.47 Å². The highest BCUT2D eigenvalue weighted by atomic mass is 16.6. The molecular weight excluding hydrogens is 356 g/mol. The van der Waals surface area contributed by atoms with Gasteiger partial charge in [-0.15, -0.1) is 0 Å². The summed E-state index contributed by atoms with van der Waals surface area (Å²) in [6, 6.07) is 9.05. The maximum Gasteiger partial charge on any atom is 0.119 e. The molecule has 2 heteroatoms. The lowest BCUT2D eigenvalue weighted by atomic mass is 9.68. The average molecular weight is 395 g/mol. The SMILES string of the molecule is CC(C)C(c1ccc(OCC2CC3C[C@H]2C2C3C3C[C@H]2C2OC32)cc1)C(C)(C)C. The molecule has 4 aliphatic carbocycles. The molecule has 1 aromatic rings. The number of rotatable bonds is 5. The van der Waals surface area contributed by atoms with Crippen LogP contribution in [0.25, 0.3) is 0 Å². The highest BCUT2D eigenvalue weighted by Crippen LogP contribution is 2.72. The second-order valence-corrected chi connectivity index (χ2v) is 12.4. The first kappa shape index (κ1) is 18.7. The zero-order valence-corrected chi connectivity index (χ0v) is 18.8. The number of ether oxygens (including phenoxy) is 2. The molecule has 5 fully saturated rings. The largest absolute Gasteiger partial charge is 0.493 e. The van der Waals surface area contributed by atoms with Crippen LogP contribution >= 0.6 is 0 Å². The van der Waals surface area contributed by atoms with Crippen molar-refractivity contribution in [1.82, 2.24) is 0 Å². The monoisotopic (exact) mass is 394 g/mol. The molecule has 0 radical (unpaired) electrons. The van der Waals surface area contributed by atoms with E-state index in [0.29, 0.717) is 24.0 Å². The lowest BCUT2D eigenvalue weighted by Gasteiger charge is -2.37. The van der Waals surface area contributed by atoms with Gasteiger partial charge >= 0.3 is 0 Å². The minimum atomic E-state index is 0.279. The number of hydrogen-bond donors (Lipinski definition) is 0. The Morgan fingerprint density at radius 3 is 2.28 bits per heavy atom. The third-order valence-corrected chi connectivity index (χ3v) is 9.51. The Labute approximate surface area is 176 Å². The highest BCUT2D eigenvalue weighted by molar-refractivity contribution is 5.31. The van der Waals surface area contributed by atoms with Crippen molar-refractivity contribution >= 4 is 0 Å². The van der Waals surface area contributed by atoms with E-state index in [-0.39, 0.29) is 5.41 Å². The van der Waals surface area contributed by atoms with Gasteiger partial charge in [-0.2, -0.15) is 0 Å². The molecule has 4 saturated carbocycles. The van der Waals surface area contributed by atoms with Crippen molar-refractivity contribution in [2.45, 2.75) is 72.0 Å². The summed E-state index contributed by atoms with van der Waals surface area (Å²) in [7, 11) is 0. The number of fused-ring (bicyclic) bond motifs is 12. The Balaban J connectivity index is 1.10. The molecule has 0 spiro atoms. The van der Waals surface area contributed by atoms with Gasteiger partial charge < -0.3 is 9.47 Å². The van der Waals surface area contributed by atoms with E-state index in [1.165, 1.54) is 24.8 Å². The molecule has 2 nitrogen and oxygen atoms in total. The van der Waals surface area contributed by atoms with Crippen LogP contribution in [0.15, 0.2) is 24.3 Å². The van der Waals surface area contributed by atoms with Crippen LogP contribution < -0.4 is 4.74 Å². The van der Waals surface area contributed by atoms with Gasteiger partial charge in [0.1, 0.15) is 5.75 Å². The standard InChI is InChI=1S/C27H38O2/c1-14(2)24(27(3,4)5)15-6-8-18(9-7-15)28-13-17-10-16-11-19(17)23-21-12-20(22(16)23)25-26(21)29-25/h6-9,14,16-17,19-26H,10-13H2,1-5H3/t16?,17?,19-,20?,21-,22?,23?,24?,25?,26?/m1/s1. The molecule has 0 N–H and O–H groups in total. The van der Waals surface area contributed by atoms with Crippen LogP contribution in [-0.4, -0.2) is 18.8 Å². The van der Waals surface area contributed by atoms with E-state index in [1.807, 2.05) is 0 Å². The van der Waals surface area contributed by atoms with Gasteiger partial charge in [-0.25, -0.2) is 0 Å². The highest BCUT2D eigenvalue weighted by Gasteiger charge is 2.73. The first-order chi connectivity index (χ1) is 13.8. The van der Waals surface area contributed by atoms with Crippen molar-refractivity contribution in [2.24, 2.45) is 52.8 Å². The summed E-state index contributed by atoms with van der Waals surface area (Å²) in [6.45, 7) is 12.7. The van der Waals surface area contributed by atoms with Crippen LogP contribution in [0.5, 0.6) is 5.75 Å². The minimum Gasteiger partial charge on any atom is -0.493 e. The van der Waals surface area contributed by atoms with E-state index in [0.717, 1.165) is 53.8 Å². The molecule has 1 saturated heterocycles. The van der Waals surface area contributed by atoms with Crippen molar-refractivity contribution in [3.63, 3.8) is 0 Å². The summed E-state index contributed by atoms with van der Waals surface area (Å²) in [5.74, 6) is 8.74. The molecule has 6 rings (SSSR count). The summed E-state index contributed by atoms with van der Waals surface area (Å²) in [4.78, 5) is 0. The summed E-state index contributed by atoms with van der Waals surface area (Å²) in [6.07, 6.45) is 5.71. The molecule has 10 atom stereocenters. The third-order valence-electron chi connectivity index (χ3n) is 9.51. The number of epoxide rings is 1. The fraction of sp³-hybridized carbons (Fsp3) is 0.778. The van der Waals surface area contributed by atoms with Crippen molar-refractivity contribution in [2.75, 3.05) is 6.61 Å². The predicted molar refractivity (Wildman–Crippen MR) is 116 cm³/mol. The van der Waals surface area contributed by atoms with Crippen molar-refractivity contribution in [3.05, 3.63) is 29.8 Å². The molecule has 8 unspecified atom stereocenters. The van der Waals surface area contributed by atoms with Gasteiger partial charge in [0.05, 0.1) is 18.8 Å². The first-order valence-corrected chi connectivity index (χ1v) is 12.2. The summed E-state index contributed by atoms with van der Waals surface area (Å²) in [5.41, 5.74) is 1.73. The zero-order valence-electron chi connectivity index (χ0n) is 18.8. The number of benzene rings is 1. The van der Waals surface area contributed by atoms with Crippen molar-refractivity contribution in [1.29, 1.82) is 0 Å². The van der Waals surface area contributed by atoms with Crippen LogP contribution in [0.4, 0.5) is 0 Å². The summed E-state index contributed by atoms with van der Waals surface area (Å²) < 4.78 is 12.4. The topological polar surface area (TPSA) is 21.8 Å². The fourth-order valence-electron chi connectivity index (χ4n) is 9.04. The number of hydrogen-bond acceptors (Lipinski definition) is 2. The van der Waals surface area contributed by atoms with E-state index in [2.05, 4.69) is 58.9 Å². The molecule has 1 aliphatic heterocycles. The minimum absolute atomic E-state index is 0.279. The van der Waals surface area contributed by atoms with E-state index in [4.69, 9.17) is 9.47 Å². The molecule has 29 heavy (non-hydrogen) atoms. The summed E-state index contributed by atoms with van der Waals surface area (Å²) >= 11 is 0. The Morgan fingerprint density at radius 2 is 1.62 bits per heavy atom. The van der Waals surface area contributed by atoms with Gasteiger partial charge in [-0.1, -0.05) is 46.8 Å². The quantitative estimate of drug-likeness (QED) is 0.441. The maximum atomic E-state index is 6.36. The molecule has 5 aliphatic rings. The average Bonchev–Trinajstić information content (AvgIpc) is 2.97. The van der Waals surface area contributed by atoms with Gasteiger partial charge in [-0.05, 0) is 95.6 Å². The molecular formula is C27H38O2. The van der Waals surface area contributed by atoms with E-state index >= 15 is 0 Å².